The number of hydrogen-bond donors (Lipinski definition) is 0. The molecule has 0 radical (unpaired) electrons. The molecule has 54 heavy (non-hydrogen) atoms. The molecule has 0 fully saturated rings. The van der Waals surface area contributed by atoms with Gasteiger partial charge in [0.25, 0.3) is 23.6 Å². The minimum absolute atomic E-state index is 0.237. The predicted octanol–water partition coefficient (Wildman–Crippen LogP) is 8.11. The first-order chi connectivity index (χ1) is 26.5. The molecule has 2 aliphatic heterocycles. The van der Waals surface area contributed by atoms with Gasteiger partial charge in [0.1, 0.15) is 13.1 Å². The summed E-state index contributed by atoms with van der Waals surface area (Å²) in [6, 6.07) is 18.5. The molecule has 2 aromatic carbocycles. The van der Waals surface area contributed by atoms with E-state index < -0.39 is 23.6 Å². The standard InChI is InChI=1S/C44H54N4O6/c49-41-35-23-25-37-40-38(44(52)48(43(37)51)54-34-22-12-8-4-2-6-10-16-28-46-31-19-14-20-32-46)26-24-36(39(35)40)42(50)47(41)53-33-21-11-7-3-1-5-9-15-27-45-29-17-13-18-30-45/h13-14,17-20,23-26,29-32H,1-12,15-16,21-22,27-28,33-34H2/q+2. The second kappa shape index (κ2) is 20.0. The maximum Gasteiger partial charge on any atom is 0.285 e. The molecule has 2 aromatic heterocycles. The Kier molecular flexibility index (Phi) is 14.4. The number of pyridine rings is 2. The van der Waals surface area contributed by atoms with Crippen LogP contribution in [0.3, 0.4) is 0 Å². The molecule has 0 N–H and O–H groups in total. The topological polar surface area (TPSA) is 101 Å². The first-order valence-electron chi connectivity index (χ1n) is 20.1. The highest BCUT2D eigenvalue weighted by atomic mass is 16.7. The molecule has 10 heteroatoms. The number of carbonyl (C=O) groups is 4. The van der Waals surface area contributed by atoms with Crippen LogP contribution in [0.2, 0.25) is 0 Å². The number of rotatable bonds is 24. The van der Waals surface area contributed by atoms with E-state index in [4.69, 9.17) is 9.68 Å². The van der Waals surface area contributed by atoms with Crippen LogP contribution in [0.5, 0.6) is 0 Å². The Hall–Kier alpha value is -4.80. The zero-order chi connectivity index (χ0) is 37.5. The van der Waals surface area contributed by atoms with Crippen LogP contribution < -0.4 is 9.13 Å². The van der Waals surface area contributed by atoms with Gasteiger partial charge in [0, 0.05) is 47.9 Å². The molecule has 4 amide bonds. The molecule has 0 bridgehead atoms. The highest BCUT2D eigenvalue weighted by Gasteiger charge is 2.40. The summed E-state index contributed by atoms with van der Waals surface area (Å²) in [5.41, 5.74) is 0.948. The summed E-state index contributed by atoms with van der Waals surface area (Å²) in [5, 5.41) is 2.30. The van der Waals surface area contributed by atoms with Crippen LogP contribution in [0.15, 0.2) is 85.5 Å². The van der Waals surface area contributed by atoms with Crippen molar-refractivity contribution in [2.24, 2.45) is 0 Å². The number of hydroxylamine groups is 4. The molecule has 284 valence electrons. The number of aromatic nitrogens is 2. The van der Waals surface area contributed by atoms with Crippen molar-refractivity contribution in [1.29, 1.82) is 0 Å². The van der Waals surface area contributed by atoms with Gasteiger partial charge in [0.2, 0.25) is 0 Å². The molecular weight excluding hydrogens is 681 g/mol. The Labute approximate surface area is 318 Å². The van der Waals surface area contributed by atoms with E-state index in [1.807, 2.05) is 12.1 Å². The third kappa shape index (κ3) is 9.84. The van der Waals surface area contributed by atoms with Crippen molar-refractivity contribution in [3.05, 3.63) is 108 Å². The van der Waals surface area contributed by atoms with Crippen molar-refractivity contribution in [1.82, 2.24) is 10.1 Å². The Balaban J connectivity index is 0.898. The van der Waals surface area contributed by atoms with Gasteiger partial charge < -0.3 is 0 Å². The number of aryl methyl sites for hydroxylation is 2. The van der Waals surface area contributed by atoms with E-state index in [2.05, 4.69) is 58.2 Å². The smallest absolute Gasteiger partial charge is 0.266 e. The molecule has 0 saturated carbocycles. The first-order valence-corrected chi connectivity index (χ1v) is 20.1. The quantitative estimate of drug-likeness (QED) is 0.0410. The van der Waals surface area contributed by atoms with E-state index in [0.717, 1.165) is 74.6 Å². The average molecular weight is 735 g/mol. The molecule has 2 aliphatic rings. The van der Waals surface area contributed by atoms with Crippen LogP contribution in [0.25, 0.3) is 10.8 Å². The summed E-state index contributed by atoms with van der Waals surface area (Å²) in [5.74, 6) is -2.35. The minimum atomic E-state index is -0.588. The van der Waals surface area contributed by atoms with Gasteiger partial charge in [0.15, 0.2) is 24.8 Å². The number of nitrogens with zero attached hydrogens (tertiary/aromatic N) is 4. The fourth-order valence-electron chi connectivity index (χ4n) is 7.46. The van der Waals surface area contributed by atoms with E-state index in [-0.39, 0.29) is 35.5 Å². The van der Waals surface area contributed by atoms with Gasteiger partial charge in [-0.1, -0.05) is 76.3 Å². The summed E-state index contributed by atoms with van der Waals surface area (Å²) in [4.78, 5) is 65.5. The van der Waals surface area contributed by atoms with E-state index in [9.17, 15) is 19.2 Å². The van der Waals surface area contributed by atoms with Crippen molar-refractivity contribution in [3.63, 3.8) is 0 Å². The zero-order valence-electron chi connectivity index (χ0n) is 31.5. The van der Waals surface area contributed by atoms with Gasteiger partial charge >= 0.3 is 0 Å². The van der Waals surface area contributed by atoms with E-state index in [1.165, 1.54) is 51.4 Å². The number of amides is 4. The molecule has 4 heterocycles. The molecule has 6 rings (SSSR count). The van der Waals surface area contributed by atoms with Crippen LogP contribution in [-0.2, 0) is 22.8 Å². The molecule has 0 atom stereocenters. The van der Waals surface area contributed by atoms with Crippen molar-refractivity contribution in [2.75, 3.05) is 13.2 Å². The fraction of sp³-hybridized carbons (Fsp3) is 0.455. The van der Waals surface area contributed by atoms with Gasteiger partial charge in [-0.25, -0.2) is 9.13 Å². The van der Waals surface area contributed by atoms with Crippen LogP contribution in [0.1, 0.15) is 144 Å². The third-order valence-corrected chi connectivity index (χ3v) is 10.4. The van der Waals surface area contributed by atoms with Gasteiger partial charge in [-0.15, -0.1) is 10.1 Å². The minimum Gasteiger partial charge on any atom is -0.266 e. The molecule has 10 nitrogen and oxygen atoms in total. The lowest BCUT2D eigenvalue weighted by Gasteiger charge is -2.30. The first kappa shape index (κ1) is 38.9. The number of carbonyl (C=O) groups excluding carboxylic acids is 4. The maximum atomic E-state index is 13.5. The summed E-state index contributed by atoms with van der Waals surface area (Å²) >= 11 is 0. The lowest BCUT2D eigenvalue weighted by molar-refractivity contribution is -0.697. The van der Waals surface area contributed by atoms with Crippen molar-refractivity contribution in [2.45, 2.75) is 116 Å². The fourth-order valence-corrected chi connectivity index (χ4v) is 7.46. The van der Waals surface area contributed by atoms with Crippen LogP contribution in [0, 0.1) is 0 Å². The predicted molar refractivity (Wildman–Crippen MR) is 204 cm³/mol. The molecular formula is C44H54N4O6+2. The number of unbranched alkanes of at least 4 members (excludes halogenated alkanes) is 14. The molecule has 4 aromatic rings. The van der Waals surface area contributed by atoms with Gasteiger partial charge in [-0.2, -0.15) is 0 Å². The molecule has 0 saturated heterocycles. The van der Waals surface area contributed by atoms with Crippen LogP contribution in [0.4, 0.5) is 0 Å². The largest absolute Gasteiger partial charge is 0.285 e. The number of benzene rings is 2. The number of hydrogen-bond acceptors (Lipinski definition) is 6. The van der Waals surface area contributed by atoms with Gasteiger partial charge in [0.05, 0.1) is 35.5 Å². The average Bonchev–Trinajstić information content (AvgIpc) is 3.20. The molecule has 0 spiro atoms. The maximum absolute atomic E-state index is 13.5. The Morgan fingerprint density at radius 1 is 0.370 bits per heavy atom. The van der Waals surface area contributed by atoms with Crippen LogP contribution >= 0.6 is 0 Å². The summed E-state index contributed by atoms with van der Waals surface area (Å²) in [6.45, 7) is 2.60. The molecule has 0 unspecified atom stereocenters. The monoisotopic (exact) mass is 734 g/mol. The SMILES string of the molecule is O=C1c2ccc3c4c(ccc(c24)C(=O)N1OCCCCCCCCCC[n+]1ccccc1)C(=O)N(OCCCCCCCCCC[n+]1ccccc1)C3=O. The highest BCUT2D eigenvalue weighted by molar-refractivity contribution is 6.32. The van der Waals surface area contributed by atoms with Crippen LogP contribution in [-0.4, -0.2) is 47.0 Å². The lowest BCUT2D eigenvalue weighted by Crippen LogP contribution is -2.43. The Morgan fingerprint density at radius 2 is 0.648 bits per heavy atom. The van der Waals surface area contributed by atoms with Crippen molar-refractivity contribution < 1.29 is 38.0 Å². The second-order valence-corrected chi connectivity index (χ2v) is 14.4. The Bertz CT molecular complexity index is 1680. The van der Waals surface area contributed by atoms with Crippen molar-refractivity contribution in [3.8, 4) is 0 Å². The van der Waals surface area contributed by atoms with Crippen molar-refractivity contribution >= 4 is 34.4 Å². The molecule has 0 aliphatic carbocycles. The Morgan fingerprint density at radius 3 is 0.963 bits per heavy atom. The highest BCUT2D eigenvalue weighted by Crippen LogP contribution is 2.38. The zero-order valence-corrected chi connectivity index (χ0v) is 31.5. The third-order valence-electron chi connectivity index (χ3n) is 10.4. The normalized spacial score (nSPS) is 13.8. The summed E-state index contributed by atoms with van der Waals surface area (Å²) in [7, 11) is 0. The number of imide groups is 2. The van der Waals surface area contributed by atoms with E-state index >= 15 is 0 Å². The van der Waals surface area contributed by atoms with E-state index in [0.29, 0.717) is 10.8 Å². The van der Waals surface area contributed by atoms with Gasteiger partial charge in [-0.3, -0.25) is 28.9 Å². The van der Waals surface area contributed by atoms with Gasteiger partial charge in [-0.05, 0) is 49.9 Å². The van der Waals surface area contributed by atoms with E-state index in [1.54, 1.807) is 24.3 Å². The summed E-state index contributed by atoms with van der Waals surface area (Å²) < 4.78 is 4.43. The summed E-state index contributed by atoms with van der Waals surface area (Å²) in [6.07, 6.45) is 25.8. The lowest BCUT2D eigenvalue weighted by atomic mass is 9.87. The second-order valence-electron chi connectivity index (χ2n) is 14.4.